The molecule has 0 spiro atoms. The van der Waals surface area contributed by atoms with Gasteiger partial charge in [0, 0.05) is 20.1 Å². The first kappa shape index (κ1) is 7.48. The quantitative estimate of drug-likeness (QED) is 0.524. The Labute approximate surface area is 49.5 Å². The van der Waals surface area contributed by atoms with Crippen LogP contribution in [0.2, 0.25) is 0 Å². The van der Waals surface area contributed by atoms with Gasteiger partial charge in [0.05, 0.1) is 0 Å². The summed E-state index contributed by atoms with van der Waals surface area (Å²) in [6.07, 6.45) is 5.28. The molecule has 0 fully saturated rings. The Kier molecular flexibility index (Phi) is 4.33. The number of methoxy groups -OCH3 is 1. The summed E-state index contributed by atoms with van der Waals surface area (Å²) in [4.78, 5) is 0. The highest BCUT2D eigenvalue weighted by Gasteiger charge is 1.97. The number of aliphatic hydroxyl groups is 1. The van der Waals surface area contributed by atoms with Crippen LogP contribution in [0.3, 0.4) is 0 Å². The summed E-state index contributed by atoms with van der Waals surface area (Å²) in [5.41, 5.74) is 0. The molecule has 0 aromatic rings. The minimum Gasteiger partial charge on any atom is -0.396 e. The number of rotatable bonds is 3. The van der Waals surface area contributed by atoms with Gasteiger partial charge in [-0.3, -0.25) is 0 Å². The minimum atomic E-state index is -0.222. The van der Waals surface area contributed by atoms with E-state index in [0.717, 1.165) is 0 Å². The van der Waals surface area contributed by atoms with E-state index >= 15 is 0 Å². The van der Waals surface area contributed by atoms with Crippen LogP contribution in [0.1, 0.15) is 6.42 Å². The van der Waals surface area contributed by atoms with Crippen molar-refractivity contribution in [2.24, 2.45) is 0 Å². The molecule has 0 bridgehead atoms. The van der Waals surface area contributed by atoms with Crippen molar-refractivity contribution in [3.63, 3.8) is 0 Å². The first-order chi connectivity index (χ1) is 3.85. The molecule has 1 atom stereocenters. The van der Waals surface area contributed by atoms with Gasteiger partial charge >= 0.3 is 0 Å². The van der Waals surface area contributed by atoms with E-state index in [0.29, 0.717) is 6.42 Å². The van der Waals surface area contributed by atoms with Gasteiger partial charge in [0.25, 0.3) is 0 Å². The van der Waals surface area contributed by atoms with E-state index in [1.165, 1.54) is 7.11 Å². The second-order valence-corrected chi connectivity index (χ2v) is 1.40. The van der Waals surface area contributed by atoms with Gasteiger partial charge in [-0.15, -0.1) is 6.42 Å². The van der Waals surface area contributed by atoms with Crippen molar-refractivity contribution < 1.29 is 9.84 Å². The van der Waals surface area contributed by atoms with Gasteiger partial charge in [0.1, 0.15) is 6.10 Å². The maximum Gasteiger partial charge on any atom is 0.119 e. The van der Waals surface area contributed by atoms with Crippen molar-refractivity contribution in [3.8, 4) is 12.3 Å². The molecule has 0 aliphatic rings. The molecule has 1 unspecified atom stereocenters. The zero-order valence-corrected chi connectivity index (χ0v) is 4.92. The maximum atomic E-state index is 8.32. The first-order valence-corrected chi connectivity index (χ1v) is 2.45. The summed E-state index contributed by atoms with van der Waals surface area (Å²) in [6.45, 7) is 0.0860. The van der Waals surface area contributed by atoms with E-state index < -0.39 is 0 Å². The van der Waals surface area contributed by atoms with Crippen LogP contribution >= 0.6 is 0 Å². The minimum absolute atomic E-state index is 0.0860. The Morgan fingerprint density at radius 1 is 1.88 bits per heavy atom. The lowest BCUT2D eigenvalue weighted by atomic mass is 10.3. The van der Waals surface area contributed by atoms with Crippen molar-refractivity contribution in [3.05, 3.63) is 0 Å². The van der Waals surface area contributed by atoms with E-state index in [2.05, 4.69) is 5.92 Å². The fourth-order valence-electron chi connectivity index (χ4n) is 0.386. The average Bonchev–Trinajstić information content (AvgIpc) is 1.83. The van der Waals surface area contributed by atoms with E-state index in [9.17, 15) is 0 Å². The van der Waals surface area contributed by atoms with Crippen LogP contribution in [0, 0.1) is 12.3 Å². The molecule has 0 heterocycles. The van der Waals surface area contributed by atoms with Crippen LogP contribution in [0.25, 0.3) is 0 Å². The third-order valence-electron chi connectivity index (χ3n) is 0.862. The van der Waals surface area contributed by atoms with Crippen LogP contribution in [-0.4, -0.2) is 24.9 Å². The topological polar surface area (TPSA) is 29.5 Å². The Morgan fingerprint density at radius 2 is 2.50 bits per heavy atom. The average molecular weight is 114 g/mol. The first-order valence-electron chi connectivity index (χ1n) is 2.45. The predicted octanol–water partition coefficient (Wildman–Crippen LogP) is 0.0170. The largest absolute Gasteiger partial charge is 0.396 e. The lowest BCUT2D eigenvalue weighted by Gasteiger charge is -2.03. The summed E-state index contributed by atoms with van der Waals surface area (Å²) < 4.78 is 4.74. The normalized spacial score (nSPS) is 12.6. The van der Waals surface area contributed by atoms with Crippen molar-refractivity contribution in [2.45, 2.75) is 12.5 Å². The molecule has 1 N–H and O–H groups in total. The van der Waals surface area contributed by atoms with Crippen molar-refractivity contribution >= 4 is 0 Å². The maximum absolute atomic E-state index is 8.32. The Hall–Kier alpha value is -0.520. The van der Waals surface area contributed by atoms with Gasteiger partial charge in [-0.2, -0.15) is 0 Å². The fraction of sp³-hybridized carbons (Fsp3) is 0.667. The van der Waals surface area contributed by atoms with Crippen LogP contribution in [0.15, 0.2) is 0 Å². The molecule has 0 saturated carbocycles. The number of terminal acetylenes is 1. The molecule has 0 aliphatic heterocycles. The molecule has 0 aromatic heterocycles. The Bertz CT molecular complexity index is 83.0. The van der Waals surface area contributed by atoms with Crippen molar-refractivity contribution in [2.75, 3.05) is 13.7 Å². The zero-order valence-electron chi connectivity index (χ0n) is 4.92. The lowest BCUT2D eigenvalue weighted by molar-refractivity contribution is 0.119. The number of hydrogen-bond acceptors (Lipinski definition) is 2. The second-order valence-electron chi connectivity index (χ2n) is 1.40. The molecular weight excluding hydrogens is 104 g/mol. The molecule has 8 heavy (non-hydrogen) atoms. The molecule has 0 radical (unpaired) electrons. The van der Waals surface area contributed by atoms with Gasteiger partial charge in [-0.05, 0) is 0 Å². The highest BCUT2D eigenvalue weighted by molar-refractivity contribution is 4.93. The molecule has 2 nitrogen and oxygen atoms in total. The van der Waals surface area contributed by atoms with Gasteiger partial charge < -0.3 is 9.84 Å². The fourth-order valence-corrected chi connectivity index (χ4v) is 0.386. The van der Waals surface area contributed by atoms with Crippen molar-refractivity contribution in [1.29, 1.82) is 0 Å². The Morgan fingerprint density at radius 3 is 2.62 bits per heavy atom. The van der Waals surface area contributed by atoms with E-state index in [1.807, 2.05) is 0 Å². The highest BCUT2D eigenvalue weighted by Crippen LogP contribution is 1.91. The van der Waals surface area contributed by atoms with Gasteiger partial charge in [0.15, 0.2) is 0 Å². The molecule has 0 aliphatic carbocycles. The predicted molar refractivity (Wildman–Crippen MR) is 31.3 cm³/mol. The smallest absolute Gasteiger partial charge is 0.119 e. The van der Waals surface area contributed by atoms with Gasteiger partial charge in [-0.25, -0.2) is 0 Å². The van der Waals surface area contributed by atoms with Crippen molar-refractivity contribution in [1.82, 2.24) is 0 Å². The monoisotopic (exact) mass is 114 g/mol. The van der Waals surface area contributed by atoms with Gasteiger partial charge in [0.2, 0.25) is 0 Å². The summed E-state index contributed by atoms with van der Waals surface area (Å²) in [5.74, 6) is 2.37. The summed E-state index contributed by atoms with van der Waals surface area (Å²) in [5, 5.41) is 8.32. The molecule has 2 heteroatoms. The molecule has 0 rings (SSSR count). The summed E-state index contributed by atoms with van der Waals surface area (Å²) >= 11 is 0. The highest BCUT2D eigenvalue weighted by atomic mass is 16.5. The number of ether oxygens (including phenoxy) is 1. The van der Waals surface area contributed by atoms with Crippen LogP contribution < -0.4 is 0 Å². The van der Waals surface area contributed by atoms with Crippen LogP contribution in [0.5, 0.6) is 0 Å². The summed E-state index contributed by atoms with van der Waals surface area (Å²) in [7, 11) is 1.53. The SMILES string of the molecule is C#CC(CCO)OC. The standard InChI is InChI=1S/C6H10O2/c1-3-6(8-2)4-5-7/h1,6-7H,4-5H2,2H3. The third kappa shape index (κ3) is 2.62. The molecular formula is C6H10O2. The lowest BCUT2D eigenvalue weighted by Crippen LogP contribution is -2.08. The molecule has 0 aromatic carbocycles. The van der Waals surface area contributed by atoms with Gasteiger partial charge in [-0.1, -0.05) is 5.92 Å². The third-order valence-corrected chi connectivity index (χ3v) is 0.862. The second kappa shape index (κ2) is 4.63. The number of hydrogen-bond donors (Lipinski definition) is 1. The zero-order chi connectivity index (χ0) is 6.41. The molecule has 0 saturated heterocycles. The van der Waals surface area contributed by atoms with E-state index in [1.54, 1.807) is 0 Å². The van der Waals surface area contributed by atoms with E-state index in [4.69, 9.17) is 16.3 Å². The van der Waals surface area contributed by atoms with Crippen LogP contribution in [-0.2, 0) is 4.74 Å². The van der Waals surface area contributed by atoms with Crippen LogP contribution in [0.4, 0.5) is 0 Å². The number of aliphatic hydroxyl groups excluding tert-OH is 1. The molecule has 46 valence electrons. The molecule has 0 amide bonds. The summed E-state index contributed by atoms with van der Waals surface area (Å²) in [6, 6.07) is 0. The van der Waals surface area contributed by atoms with E-state index in [-0.39, 0.29) is 12.7 Å². The Balaban J connectivity index is 3.26.